The number of ether oxygens (including phenoxy) is 1. The van der Waals surface area contributed by atoms with Crippen LogP contribution in [0.5, 0.6) is 11.5 Å². The summed E-state index contributed by atoms with van der Waals surface area (Å²) in [5, 5.41) is 9.37. The molecule has 4 nitrogen and oxygen atoms in total. The largest absolute Gasteiger partial charge is 0.506 e. The Labute approximate surface area is 157 Å². The standard InChI is InChI=1S/C21H24F2N2O2/c1-13(19-6-5-16(26)9-24-19)10-25-11-14-7-17(8-15(14)12-25)27-20-4-2-3-18(22)21(20)23/h2-6,9,13-15,17,26H,7-8,10-12H2,1H3/t13?,14-,15?,17+/m0/s1. The van der Waals surface area contributed by atoms with Crippen LogP contribution in [0.3, 0.4) is 0 Å². The lowest BCUT2D eigenvalue weighted by Crippen LogP contribution is -2.28. The van der Waals surface area contributed by atoms with Crippen molar-refractivity contribution in [2.75, 3.05) is 19.6 Å². The van der Waals surface area contributed by atoms with Gasteiger partial charge >= 0.3 is 0 Å². The molecular weight excluding hydrogens is 350 g/mol. The van der Waals surface area contributed by atoms with E-state index in [4.69, 9.17) is 4.74 Å². The Hall–Kier alpha value is -2.21. The van der Waals surface area contributed by atoms with Crippen molar-refractivity contribution in [2.24, 2.45) is 11.8 Å². The molecule has 27 heavy (non-hydrogen) atoms. The van der Waals surface area contributed by atoms with Crippen LogP contribution >= 0.6 is 0 Å². The van der Waals surface area contributed by atoms with Crippen molar-refractivity contribution in [3.63, 3.8) is 0 Å². The quantitative estimate of drug-likeness (QED) is 0.861. The minimum absolute atomic E-state index is 0.0175. The SMILES string of the molecule is CC(CN1CC2C[C@H](Oc3cccc(F)c3F)C[C@H]2C1)c1ccc(O)cn1. The first kappa shape index (κ1) is 18.2. The Kier molecular flexibility index (Phi) is 5.00. The van der Waals surface area contributed by atoms with E-state index < -0.39 is 11.6 Å². The summed E-state index contributed by atoms with van der Waals surface area (Å²) in [7, 11) is 0. The van der Waals surface area contributed by atoms with Crippen LogP contribution in [0.15, 0.2) is 36.5 Å². The van der Waals surface area contributed by atoms with Crippen LogP contribution in [0.4, 0.5) is 8.78 Å². The average molecular weight is 374 g/mol. The summed E-state index contributed by atoms with van der Waals surface area (Å²) in [6.45, 7) is 5.07. The van der Waals surface area contributed by atoms with Crippen molar-refractivity contribution in [3.05, 3.63) is 53.9 Å². The minimum atomic E-state index is -0.897. The van der Waals surface area contributed by atoms with E-state index in [9.17, 15) is 13.9 Å². The van der Waals surface area contributed by atoms with E-state index in [1.807, 2.05) is 6.07 Å². The van der Waals surface area contributed by atoms with Gasteiger partial charge in [0.1, 0.15) is 5.75 Å². The molecule has 2 heterocycles. The van der Waals surface area contributed by atoms with E-state index in [0.717, 1.165) is 44.2 Å². The molecule has 2 aromatic rings. The number of fused-ring (bicyclic) bond motifs is 1. The van der Waals surface area contributed by atoms with Crippen molar-refractivity contribution in [1.29, 1.82) is 0 Å². The number of halogens is 2. The summed E-state index contributed by atoms with van der Waals surface area (Å²) < 4.78 is 32.9. The highest BCUT2D eigenvalue weighted by atomic mass is 19.2. The zero-order valence-electron chi connectivity index (χ0n) is 15.3. The number of nitrogens with zero attached hydrogens (tertiary/aromatic N) is 2. The number of rotatable bonds is 5. The Morgan fingerprint density at radius 2 is 1.93 bits per heavy atom. The van der Waals surface area contributed by atoms with Gasteiger partial charge in [-0.05, 0) is 48.9 Å². The van der Waals surface area contributed by atoms with E-state index >= 15 is 0 Å². The Morgan fingerprint density at radius 3 is 2.59 bits per heavy atom. The molecule has 0 amide bonds. The molecule has 2 unspecified atom stereocenters. The third-order valence-corrected chi connectivity index (χ3v) is 5.80. The lowest BCUT2D eigenvalue weighted by Gasteiger charge is -2.23. The normalized spacial score (nSPS) is 26.1. The summed E-state index contributed by atoms with van der Waals surface area (Å²) >= 11 is 0. The fourth-order valence-corrected chi connectivity index (χ4v) is 4.51. The van der Waals surface area contributed by atoms with Gasteiger partial charge in [-0.2, -0.15) is 4.39 Å². The predicted molar refractivity (Wildman–Crippen MR) is 97.7 cm³/mol. The first-order chi connectivity index (χ1) is 13.0. The Balaban J connectivity index is 1.30. The first-order valence-electron chi connectivity index (χ1n) is 9.47. The highest BCUT2D eigenvalue weighted by Crippen LogP contribution is 2.40. The van der Waals surface area contributed by atoms with Gasteiger partial charge < -0.3 is 14.7 Å². The molecule has 1 aliphatic carbocycles. The van der Waals surface area contributed by atoms with Gasteiger partial charge in [-0.25, -0.2) is 4.39 Å². The minimum Gasteiger partial charge on any atom is -0.506 e. The molecule has 2 fully saturated rings. The fourth-order valence-electron chi connectivity index (χ4n) is 4.51. The van der Waals surface area contributed by atoms with Crippen LogP contribution in [-0.2, 0) is 0 Å². The molecule has 144 valence electrons. The van der Waals surface area contributed by atoms with Crippen LogP contribution < -0.4 is 4.74 Å². The van der Waals surface area contributed by atoms with Gasteiger partial charge in [0, 0.05) is 31.2 Å². The van der Waals surface area contributed by atoms with Gasteiger partial charge in [0.05, 0.1) is 12.3 Å². The lowest BCUT2D eigenvalue weighted by molar-refractivity contribution is 0.175. The Morgan fingerprint density at radius 1 is 1.19 bits per heavy atom. The third-order valence-electron chi connectivity index (χ3n) is 5.80. The number of benzene rings is 1. The van der Waals surface area contributed by atoms with Crippen molar-refractivity contribution < 1.29 is 18.6 Å². The molecule has 4 atom stereocenters. The molecule has 0 bridgehead atoms. The molecule has 1 aliphatic heterocycles. The number of aromatic nitrogens is 1. The van der Waals surface area contributed by atoms with Crippen molar-refractivity contribution >= 4 is 0 Å². The monoisotopic (exact) mass is 374 g/mol. The number of hydrogen-bond acceptors (Lipinski definition) is 4. The second-order valence-electron chi connectivity index (χ2n) is 7.84. The maximum atomic E-state index is 13.8. The molecular formula is C21H24F2N2O2. The molecule has 0 spiro atoms. The molecule has 1 saturated heterocycles. The fraction of sp³-hybridized carbons (Fsp3) is 0.476. The summed E-state index contributed by atoms with van der Waals surface area (Å²) in [5.41, 5.74) is 0.979. The van der Waals surface area contributed by atoms with Crippen molar-refractivity contribution in [3.8, 4) is 11.5 Å². The summed E-state index contributed by atoms with van der Waals surface area (Å²) in [6, 6.07) is 7.61. The van der Waals surface area contributed by atoms with Crippen LogP contribution in [0.2, 0.25) is 0 Å². The Bertz CT molecular complexity index is 785. The van der Waals surface area contributed by atoms with Gasteiger partial charge in [0.2, 0.25) is 5.82 Å². The van der Waals surface area contributed by atoms with E-state index in [1.54, 1.807) is 6.07 Å². The maximum absolute atomic E-state index is 13.8. The summed E-state index contributed by atoms with van der Waals surface area (Å²) in [6.07, 6.45) is 3.19. The molecule has 1 saturated carbocycles. The molecule has 2 aliphatic rings. The van der Waals surface area contributed by atoms with E-state index in [1.165, 1.54) is 18.3 Å². The first-order valence-corrected chi connectivity index (χ1v) is 9.47. The second kappa shape index (κ2) is 7.43. The van der Waals surface area contributed by atoms with Gasteiger partial charge in [-0.3, -0.25) is 4.98 Å². The van der Waals surface area contributed by atoms with Crippen LogP contribution in [0.1, 0.15) is 31.4 Å². The molecule has 1 aromatic carbocycles. The number of hydrogen-bond donors (Lipinski definition) is 1. The predicted octanol–water partition coefficient (Wildman–Crippen LogP) is 3.96. The topological polar surface area (TPSA) is 45.6 Å². The van der Waals surface area contributed by atoms with Crippen molar-refractivity contribution in [1.82, 2.24) is 9.88 Å². The smallest absolute Gasteiger partial charge is 0.200 e. The zero-order chi connectivity index (χ0) is 19.0. The van der Waals surface area contributed by atoms with Crippen molar-refractivity contribution in [2.45, 2.75) is 31.8 Å². The zero-order valence-corrected chi connectivity index (χ0v) is 15.3. The summed E-state index contributed by atoms with van der Waals surface area (Å²) in [4.78, 5) is 6.76. The molecule has 4 rings (SSSR count). The maximum Gasteiger partial charge on any atom is 0.200 e. The van der Waals surface area contributed by atoms with Gasteiger partial charge in [-0.15, -0.1) is 0 Å². The summed E-state index contributed by atoms with van der Waals surface area (Å²) in [5.74, 6) is -0.206. The molecule has 1 N–H and O–H groups in total. The van der Waals surface area contributed by atoms with Gasteiger partial charge in [0.15, 0.2) is 11.6 Å². The van der Waals surface area contributed by atoms with Gasteiger partial charge in [0.25, 0.3) is 0 Å². The van der Waals surface area contributed by atoms with Gasteiger partial charge in [-0.1, -0.05) is 13.0 Å². The third kappa shape index (κ3) is 3.90. The second-order valence-corrected chi connectivity index (χ2v) is 7.84. The number of aromatic hydroxyl groups is 1. The van der Waals surface area contributed by atoms with Crippen LogP contribution in [0, 0.1) is 23.5 Å². The average Bonchev–Trinajstić information content (AvgIpc) is 3.17. The van der Waals surface area contributed by atoms with E-state index in [-0.39, 0.29) is 23.5 Å². The lowest BCUT2D eigenvalue weighted by atomic mass is 10.0. The molecule has 1 aromatic heterocycles. The van der Waals surface area contributed by atoms with E-state index in [2.05, 4.69) is 16.8 Å². The highest BCUT2D eigenvalue weighted by molar-refractivity contribution is 5.25. The molecule has 6 heteroatoms. The highest BCUT2D eigenvalue weighted by Gasteiger charge is 2.42. The van der Waals surface area contributed by atoms with Crippen LogP contribution in [-0.4, -0.2) is 40.7 Å². The molecule has 0 radical (unpaired) electrons. The number of pyridine rings is 1. The van der Waals surface area contributed by atoms with E-state index in [0.29, 0.717) is 11.8 Å². The van der Waals surface area contributed by atoms with Crippen LogP contribution in [0.25, 0.3) is 0 Å². The number of likely N-dealkylation sites (tertiary alicyclic amines) is 1.